The maximum atomic E-state index is 12.0. The van der Waals surface area contributed by atoms with Gasteiger partial charge in [-0.25, -0.2) is 4.68 Å². The van der Waals surface area contributed by atoms with Gasteiger partial charge in [-0.2, -0.15) is 13.9 Å². The highest BCUT2D eigenvalue weighted by atomic mass is 19.3. The van der Waals surface area contributed by atoms with E-state index in [1.165, 1.54) is 12.4 Å². The van der Waals surface area contributed by atoms with Crippen LogP contribution in [0, 0.1) is 0 Å². The molecule has 0 amide bonds. The van der Waals surface area contributed by atoms with E-state index in [-0.39, 0.29) is 0 Å². The Balaban J connectivity index is 2.77. The summed E-state index contributed by atoms with van der Waals surface area (Å²) in [5, 5.41) is 3.55. The van der Waals surface area contributed by atoms with Gasteiger partial charge in [0.05, 0.1) is 6.20 Å². The van der Waals surface area contributed by atoms with Gasteiger partial charge in [0.25, 0.3) is 0 Å². The first-order chi connectivity index (χ1) is 5.65. The van der Waals surface area contributed by atoms with E-state index < -0.39 is 6.55 Å². The fourth-order valence-electron chi connectivity index (χ4n) is 0.950. The van der Waals surface area contributed by atoms with Crippen LogP contribution in [-0.4, -0.2) is 9.78 Å². The third-order valence-electron chi connectivity index (χ3n) is 2.00. The summed E-state index contributed by atoms with van der Waals surface area (Å²) in [5.74, 6) is 0.303. The molecule has 1 heterocycles. The van der Waals surface area contributed by atoms with Crippen LogP contribution in [0.5, 0.6) is 0 Å². The van der Waals surface area contributed by atoms with Crippen LogP contribution in [0.1, 0.15) is 38.3 Å². The second kappa shape index (κ2) is 3.65. The molecule has 4 heteroatoms. The minimum Gasteiger partial charge on any atom is -0.211 e. The highest BCUT2D eigenvalue weighted by molar-refractivity contribution is 5.09. The van der Waals surface area contributed by atoms with Crippen molar-refractivity contribution in [2.45, 2.75) is 32.7 Å². The molecular formula is C8H12F2N2. The molecule has 1 aromatic rings. The third kappa shape index (κ3) is 1.81. The number of nitrogens with zero attached hydrogens (tertiary/aromatic N) is 2. The molecule has 1 atom stereocenters. The normalized spacial score (nSPS) is 13.8. The van der Waals surface area contributed by atoms with Crippen LogP contribution in [-0.2, 0) is 0 Å². The molecule has 0 aliphatic rings. The zero-order chi connectivity index (χ0) is 9.14. The first-order valence-electron chi connectivity index (χ1n) is 3.97. The van der Waals surface area contributed by atoms with Crippen molar-refractivity contribution in [3.05, 3.63) is 18.0 Å². The number of halogens is 2. The Hall–Kier alpha value is -0.930. The lowest BCUT2D eigenvalue weighted by Crippen LogP contribution is -1.97. The Morgan fingerprint density at radius 1 is 1.58 bits per heavy atom. The zero-order valence-corrected chi connectivity index (χ0v) is 7.17. The molecule has 0 bridgehead atoms. The highest BCUT2D eigenvalue weighted by Crippen LogP contribution is 2.19. The number of hydrogen-bond donors (Lipinski definition) is 0. The lowest BCUT2D eigenvalue weighted by molar-refractivity contribution is 0.0565. The van der Waals surface area contributed by atoms with Crippen LogP contribution < -0.4 is 0 Å². The SMILES string of the molecule is CCC(C)c1cnn(C(F)F)c1. The third-order valence-corrected chi connectivity index (χ3v) is 2.00. The van der Waals surface area contributed by atoms with E-state index in [9.17, 15) is 8.78 Å². The molecule has 68 valence electrons. The Bertz CT molecular complexity index is 245. The maximum absolute atomic E-state index is 12.0. The molecule has 2 nitrogen and oxygen atoms in total. The summed E-state index contributed by atoms with van der Waals surface area (Å²) in [5.41, 5.74) is 0.873. The van der Waals surface area contributed by atoms with Crippen molar-refractivity contribution in [2.75, 3.05) is 0 Å². The van der Waals surface area contributed by atoms with Crippen molar-refractivity contribution < 1.29 is 8.78 Å². The second-order valence-electron chi connectivity index (χ2n) is 2.84. The van der Waals surface area contributed by atoms with Gasteiger partial charge in [-0.05, 0) is 17.9 Å². The summed E-state index contributed by atoms with van der Waals surface area (Å²) in [6, 6.07) is 0. The smallest absolute Gasteiger partial charge is 0.211 e. The van der Waals surface area contributed by atoms with Crippen molar-refractivity contribution in [3.8, 4) is 0 Å². The molecule has 1 unspecified atom stereocenters. The fourth-order valence-corrected chi connectivity index (χ4v) is 0.950. The average Bonchev–Trinajstić information content (AvgIpc) is 2.51. The molecule has 1 rings (SSSR count). The van der Waals surface area contributed by atoms with E-state index in [4.69, 9.17) is 0 Å². The van der Waals surface area contributed by atoms with Gasteiger partial charge in [0.1, 0.15) is 0 Å². The van der Waals surface area contributed by atoms with Gasteiger partial charge in [-0.1, -0.05) is 13.8 Å². The van der Waals surface area contributed by atoms with E-state index in [2.05, 4.69) is 5.10 Å². The van der Waals surface area contributed by atoms with Gasteiger partial charge < -0.3 is 0 Å². The van der Waals surface area contributed by atoms with Crippen molar-refractivity contribution in [1.82, 2.24) is 9.78 Å². The topological polar surface area (TPSA) is 17.8 Å². The van der Waals surface area contributed by atoms with Gasteiger partial charge in [-0.15, -0.1) is 0 Å². The quantitative estimate of drug-likeness (QED) is 0.689. The Morgan fingerprint density at radius 3 is 2.67 bits per heavy atom. The molecule has 0 N–H and O–H groups in total. The van der Waals surface area contributed by atoms with E-state index in [0.29, 0.717) is 10.6 Å². The summed E-state index contributed by atoms with van der Waals surface area (Å²) >= 11 is 0. The molecule has 0 aliphatic heterocycles. The maximum Gasteiger partial charge on any atom is 0.333 e. The highest BCUT2D eigenvalue weighted by Gasteiger charge is 2.10. The van der Waals surface area contributed by atoms with Gasteiger partial charge in [0.15, 0.2) is 0 Å². The number of alkyl halides is 2. The van der Waals surface area contributed by atoms with E-state index in [0.717, 1.165) is 12.0 Å². The summed E-state index contributed by atoms with van der Waals surface area (Å²) in [4.78, 5) is 0. The van der Waals surface area contributed by atoms with Crippen LogP contribution in [0.25, 0.3) is 0 Å². The van der Waals surface area contributed by atoms with Crippen molar-refractivity contribution in [2.24, 2.45) is 0 Å². The summed E-state index contributed by atoms with van der Waals surface area (Å²) in [6.07, 6.45) is 3.84. The molecule has 12 heavy (non-hydrogen) atoms. The fraction of sp³-hybridized carbons (Fsp3) is 0.625. The van der Waals surface area contributed by atoms with Gasteiger partial charge in [0, 0.05) is 6.20 Å². The summed E-state index contributed by atoms with van der Waals surface area (Å²) in [7, 11) is 0. The molecular weight excluding hydrogens is 162 g/mol. The van der Waals surface area contributed by atoms with Crippen molar-refractivity contribution >= 4 is 0 Å². The van der Waals surface area contributed by atoms with Crippen molar-refractivity contribution in [1.29, 1.82) is 0 Å². The lowest BCUT2D eigenvalue weighted by atomic mass is 10.0. The van der Waals surface area contributed by atoms with Crippen LogP contribution in [0.4, 0.5) is 8.78 Å². The molecule has 0 fully saturated rings. The Kier molecular flexibility index (Phi) is 2.78. The molecule has 1 aromatic heterocycles. The molecule has 0 saturated heterocycles. The molecule has 0 saturated carbocycles. The van der Waals surface area contributed by atoms with Gasteiger partial charge >= 0.3 is 6.55 Å². The average molecular weight is 174 g/mol. The minimum atomic E-state index is -2.53. The van der Waals surface area contributed by atoms with E-state index in [1.807, 2.05) is 13.8 Å². The van der Waals surface area contributed by atoms with Crippen molar-refractivity contribution in [3.63, 3.8) is 0 Å². The second-order valence-corrected chi connectivity index (χ2v) is 2.84. The first-order valence-corrected chi connectivity index (χ1v) is 3.97. The molecule has 0 spiro atoms. The summed E-state index contributed by atoms with van der Waals surface area (Å²) in [6.45, 7) is 1.49. The van der Waals surface area contributed by atoms with Crippen LogP contribution in [0.15, 0.2) is 12.4 Å². The summed E-state index contributed by atoms with van der Waals surface area (Å²) < 4.78 is 24.8. The van der Waals surface area contributed by atoms with Gasteiger partial charge in [0.2, 0.25) is 0 Å². The largest absolute Gasteiger partial charge is 0.333 e. The predicted molar refractivity (Wildman–Crippen MR) is 42.2 cm³/mol. The van der Waals surface area contributed by atoms with Crippen LogP contribution in [0.3, 0.4) is 0 Å². The van der Waals surface area contributed by atoms with Crippen LogP contribution in [0.2, 0.25) is 0 Å². The zero-order valence-electron chi connectivity index (χ0n) is 7.17. The number of rotatable bonds is 3. The molecule has 0 radical (unpaired) electrons. The monoisotopic (exact) mass is 174 g/mol. The standard InChI is InChI=1S/C8H12F2N2/c1-3-6(2)7-4-11-12(5-7)8(9)10/h4-6,8H,3H2,1-2H3. The number of aromatic nitrogens is 2. The predicted octanol–water partition coefficient (Wildman–Crippen LogP) is 2.79. The minimum absolute atomic E-state index is 0.303. The Labute approximate surface area is 70.2 Å². The Morgan fingerprint density at radius 2 is 2.25 bits per heavy atom. The first kappa shape index (κ1) is 9.16. The van der Waals surface area contributed by atoms with E-state index in [1.54, 1.807) is 0 Å². The lowest BCUT2D eigenvalue weighted by Gasteiger charge is -2.02. The molecule has 0 aliphatic carbocycles. The van der Waals surface area contributed by atoms with Gasteiger partial charge in [-0.3, -0.25) is 0 Å². The van der Waals surface area contributed by atoms with E-state index >= 15 is 0 Å². The number of hydrogen-bond acceptors (Lipinski definition) is 1. The van der Waals surface area contributed by atoms with Crippen LogP contribution >= 0.6 is 0 Å². The molecule has 0 aromatic carbocycles.